The molecule has 7 nitrogen and oxygen atoms in total. The number of para-hydroxylation sites is 1. The number of carbonyl (C=O) groups is 2. The molecular weight excluding hydrogens is 318 g/mol. The largest absolute Gasteiger partial charge is 0.345 e. The predicted octanol–water partition coefficient (Wildman–Crippen LogP) is 2.80. The minimum atomic E-state index is -1.21. The molecule has 0 spiro atoms. The molecule has 0 radical (unpaired) electrons. The van der Waals surface area contributed by atoms with Crippen LogP contribution in [-0.2, 0) is 9.59 Å². The zero-order valence-electron chi connectivity index (χ0n) is 13.5. The summed E-state index contributed by atoms with van der Waals surface area (Å²) in [6.45, 7) is 1.44. The predicted molar refractivity (Wildman–Crippen MR) is 96.7 cm³/mol. The zero-order chi connectivity index (χ0) is 17.8. The van der Waals surface area contributed by atoms with Crippen LogP contribution in [0.25, 0.3) is 11.0 Å². The smallest absolute Gasteiger partial charge is 0.242 e. The molecule has 3 aromatic rings. The maximum Gasteiger partial charge on any atom is 0.242 e. The number of rotatable bonds is 5. The van der Waals surface area contributed by atoms with Crippen molar-refractivity contribution in [2.45, 2.75) is 6.92 Å². The number of benzene rings is 2. The first-order chi connectivity index (χ1) is 12.0. The van der Waals surface area contributed by atoms with Gasteiger partial charge in [-0.05, 0) is 37.3 Å². The summed E-state index contributed by atoms with van der Waals surface area (Å²) in [5, 5.41) is 13.2. The van der Waals surface area contributed by atoms with Gasteiger partial charge in [0, 0.05) is 17.1 Å². The second-order valence-corrected chi connectivity index (χ2v) is 5.60. The first-order valence-corrected chi connectivity index (χ1v) is 7.69. The number of H-pyrrole nitrogens is 1. The third kappa shape index (κ3) is 3.72. The third-order valence-corrected chi connectivity index (χ3v) is 3.69. The molecule has 126 valence electrons. The van der Waals surface area contributed by atoms with Crippen LogP contribution >= 0.6 is 0 Å². The van der Waals surface area contributed by atoms with E-state index in [1.54, 1.807) is 48.8 Å². The highest BCUT2D eigenvalue weighted by atomic mass is 16.2. The van der Waals surface area contributed by atoms with Crippen LogP contribution in [0.2, 0.25) is 0 Å². The molecule has 1 unspecified atom stereocenters. The van der Waals surface area contributed by atoms with Crippen LogP contribution in [-0.4, -0.2) is 27.5 Å². The van der Waals surface area contributed by atoms with Crippen LogP contribution in [0.1, 0.15) is 6.92 Å². The quantitative estimate of drug-likeness (QED) is 0.425. The van der Waals surface area contributed by atoms with E-state index >= 15 is 0 Å². The topological polar surface area (TPSA) is 111 Å². The number of carbonyl (C=O) groups excluding carboxylic acids is 2. The number of aromatic nitrogens is 2. The summed E-state index contributed by atoms with van der Waals surface area (Å²) < 4.78 is 0. The van der Waals surface area contributed by atoms with Crippen molar-refractivity contribution in [1.29, 1.82) is 5.41 Å². The fraction of sp³-hybridized carbons (Fsp3) is 0.111. The molecule has 0 fully saturated rings. The Kier molecular flexibility index (Phi) is 4.56. The molecule has 0 aliphatic heterocycles. The summed E-state index contributed by atoms with van der Waals surface area (Å²) in [7, 11) is 0. The fourth-order valence-electron chi connectivity index (χ4n) is 2.48. The van der Waals surface area contributed by atoms with Gasteiger partial charge < -0.3 is 21.0 Å². The highest BCUT2D eigenvalue weighted by Gasteiger charge is 2.29. The minimum Gasteiger partial charge on any atom is -0.345 e. The number of anilines is 2. The number of nitrogens with one attached hydrogen (secondary N) is 4. The Morgan fingerprint density at radius 3 is 2.40 bits per heavy atom. The van der Waals surface area contributed by atoms with E-state index in [0.717, 1.165) is 11.0 Å². The van der Waals surface area contributed by atoms with Crippen LogP contribution in [0.3, 0.4) is 0 Å². The van der Waals surface area contributed by atoms with Gasteiger partial charge in [0.2, 0.25) is 11.8 Å². The van der Waals surface area contributed by atoms with E-state index in [4.69, 9.17) is 5.41 Å². The Hall–Kier alpha value is -3.48. The molecule has 0 saturated heterocycles. The van der Waals surface area contributed by atoms with Crippen molar-refractivity contribution >= 4 is 39.9 Å². The molecule has 0 aliphatic carbocycles. The van der Waals surface area contributed by atoms with Crippen LogP contribution in [0.15, 0.2) is 54.9 Å². The lowest BCUT2D eigenvalue weighted by Gasteiger charge is -2.16. The molecule has 2 amide bonds. The van der Waals surface area contributed by atoms with Crippen molar-refractivity contribution in [3.8, 4) is 0 Å². The van der Waals surface area contributed by atoms with Gasteiger partial charge >= 0.3 is 0 Å². The Labute approximate surface area is 144 Å². The lowest BCUT2D eigenvalue weighted by atomic mass is 10.0. The maximum absolute atomic E-state index is 12.5. The molecule has 7 heteroatoms. The van der Waals surface area contributed by atoms with Gasteiger partial charge in [0.05, 0.1) is 17.4 Å². The molecule has 2 aromatic carbocycles. The molecule has 1 aromatic heterocycles. The van der Waals surface area contributed by atoms with Gasteiger partial charge in [-0.25, -0.2) is 4.98 Å². The number of aromatic amines is 1. The van der Waals surface area contributed by atoms with Gasteiger partial charge in [-0.1, -0.05) is 18.2 Å². The van der Waals surface area contributed by atoms with Gasteiger partial charge in [-0.3, -0.25) is 9.59 Å². The summed E-state index contributed by atoms with van der Waals surface area (Å²) in [5.74, 6) is -2.31. The van der Waals surface area contributed by atoms with E-state index in [2.05, 4.69) is 20.6 Å². The van der Waals surface area contributed by atoms with E-state index in [0.29, 0.717) is 11.4 Å². The summed E-state index contributed by atoms with van der Waals surface area (Å²) in [5.41, 5.74) is 2.62. The monoisotopic (exact) mass is 335 g/mol. The van der Waals surface area contributed by atoms with Crippen LogP contribution in [0, 0.1) is 11.3 Å². The number of fused-ring (bicyclic) bond motifs is 1. The second-order valence-electron chi connectivity index (χ2n) is 5.60. The molecule has 0 aliphatic rings. The standard InChI is InChI=1S/C18H17N5O2/c1-11(19)16(17(24)22-12-5-3-2-4-6-12)18(25)23-13-7-8-14-15(9-13)21-10-20-14/h2-10,16,19H,1H3,(H,20,21)(H,22,24)(H,23,25). The lowest BCUT2D eigenvalue weighted by molar-refractivity contribution is -0.126. The Bertz CT molecular complexity index is 933. The molecule has 25 heavy (non-hydrogen) atoms. The number of hydrogen-bond donors (Lipinski definition) is 4. The molecule has 0 saturated carbocycles. The Balaban J connectivity index is 1.76. The summed E-state index contributed by atoms with van der Waals surface area (Å²) in [6, 6.07) is 14.0. The van der Waals surface area contributed by atoms with Crippen molar-refractivity contribution in [2.75, 3.05) is 10.6 Å². The van der Waals surface area contributed by atoms with Gasteiger partial charge in [0.15, 0.2) is 5.92 Å². The normalized spacial score (nSPS) is 11.7. The van der Waals surface area contributed by atoms with Crippen LogP contribution in [0.5, 0.6) is 0 Å². The van der Waals surface area contributed by atoms with Crippen molar-refractivity contribution in [3.05, 3.63) is 54.9 Å². The van der Waals surface area contributed by atoms with Crippen LogP contribution in [0.4, 0.5) is 11.4 Å². The van der Waals surface area contributed by atoms with E-state index in [-0.39, 0.29) is 5.71 Å². The van der Waals surface area contributed by atoms with E-state index in [1.165, 1.54) is 6.92 Å². The average molecular weight is 335 g/mol. The first kappa shape index (κ1) is 16.4. The number of hydrogen-bond acceptors (Lipinski definition) is 4. The fourth-order valence-corrected chi connectivity index (χ4v) is 2.48. The molecule has 1 atom stereocenters. The summed E-state index contributed by atoms with van der Waals surface area (Å²) in [4.78, 5) is 32.0. The molecule has 0 bridgehead atoms. The van der Waals surface area contributed by atoms with Gasteiger partial charge in [0.1, 0.15) is 0 Å². The first-order valence-electron chi connectivity index (χ1n) is 7.69. The Morgan fingerprint density at radius 2 is 1.72 bits per heavy atom. The Morgan fingerprint density at radius 1 is 1.04 bits per heavy atom. The lowest BCUT2D eigenvalue weighted by Crippen LogP contribution is -2.38. The molecule has 1 heterocycles. The highest BCUT2D eigenvalue weighted by molar-refractivity contribution is 6.24. The average Bonchev–Trinajstić information content (AvgIpc) is 3.03. The summed E-state index contributed by atoms with van der Waals surface area (Å²) in [6.07, 6.45) is 1.56. The van der Waals surface area contributed by atoms with Crippen molar-refractivity contribution < 1.29 is 9.59 Å². The third-order valence-electron chi connectivity index (χ3n) is 3.69. The molecular formula is C18H17N5O2. The molecule has 3 rings (SSSR count). The molecule has 4 N–H and O–H groups in total. The van der Waals surface area contributed by atoms with Crippen molar-refractivity contribution in [3.63, 3.8) is 0 Å². The number of imidazole rings is 1. The summed E-state index contributed by atoms with van der Waals surface area (Å²) >= 11 is 0. The maximum atomic E-state index is 12.5. The zero-order valence-corrected chi connectivity index (χ0v) is 13.5. The SMILES string of the molecule is CC(=N)C(C(=O)Nc1ccccc1)C(=O)Nc1ccc2nc[nH]c2c1. The van der Waals surface area contributed by atoms with E-state index in [1.807, 2.05) is 6.07 Å². The number of nitrogens with zero attached hydrogens (tertiary/aromatic N) is 1. The van der Waals surface area contributed by atoms with Gasteiger partial charge in [0.25, 0.3) is 0 Å². The number of amides is 2. The minimum absolute atomic E-state index is 0.0338. The van der Waals surface area contributed by atoms with Crippen LogP contribution < -0.4 is 10.6 Å². The van der Waals surface area contributed by atoms with E-state index < -0.39 is 17.7 Å². The van der Waals surface area contributed by atoms with Gasteiger partial charge in [-0.2, -0.15) is 0 Å². The second kappa shape index (κ2) is 6.96. The van der Waals surface area contributed by atoms with E-state index in [9.17, 15) is 9.59 Å². The van der Waals surface area contributed by atoms with Crippen molar-refractivity contribution in [2.24, 2.45) is 5.92 Å². The van der Waals surface area contributed by atoms with Gasteiger partial charge in [-0.15, -0.1) is 0 Å². The van der Waals surface area contributed by atoms with Crippen molar-refractivity contribution in [1.82, 2.24) is 9.97 Å². The highest BCUT2D eigenvalue weighted by Crippen LogP contribution is 2.17.